The maximum atomic E-state index is 9.77. The van der Waals surface area contributed by atoms with Gasteiger partial charge in [-0.15, -0.1) is 0 Å². The van der Waals surface area contributed by atoms with Crippen molar-refractivity contribution in [1.82, 2.24) is 14.6 Å². The van der Waals surface area contributed by atoms with E-state index in [2.05, 4.69) is 10.4 Å². The zero-order chi connectivity index (χ0) is 15.7. The molecule has 0 radical (unpaired) electrons. The number of aromatic nitrogens is 3. The number of aliphatic hydroxyl groups excluding tert-OH is 1. The van der Waals surface area contributed by atoms with Gasteiger partial charge in [0.05, 0.1) is 29.6 Å². The van der Waals surface area contributed by atoms with E-state index in [0.717, 1.165) is 48.3 Å². The molecule has 0 spiro atoms. The van der Waals surface area contributed by atoms with Gasteiger partial charge < -0.3 is 10.4 Å². The summed E-state index contributed by atoms with van der Waals surface area (Å²) in [7, 11) is 0. The van der Waals surface area contributed by atoms with Gasteiger partial charge in [0.2, 0.25) is 0 Å². The zero-order valence-corrected chi connectivity index (χ0v) is 12.9. The van der Waals surface area contributed by atoms with Crippen molar-refractivity contribution in [2.24, 2.45) is 0 Å². The molecule has 1 aliphatic carbocycles. The van der Waals surface area contributed by atoms with Crippen LogP contribution in [0.25, 0.3) is 16.8 Å². The Morgan fingerprint density at radius 3 is 2.83 bits per heavy atom. The van der Waals surface area contributed by atoms with Crippen molar-refractivity contribution in [3.05, 3.63) is 48.8 Å². The van der Waals surface area contributed by atoms with E-state index in [1.165, 1.54) is 0 Å². The molecule has 0 saturated heterocycles. The van der Waals surface area contributed by atoms with Crippen molar-refractivity contribution < 1.29 is 5.11 Å². The third-order valence-electron chi connectivity index (χ3n) is 4.71. The average molecular weight is 308 g/mol. The van der Waals surface area contributed by atoms with Gasteiger partial charge in [0.25, 0.3) is 0 Å². The molecule has 0 amide bonds. The van der Waals surface area contributed by atoms with E-state index in [1.54, 1.807) is 0 Å². The highest BCUT2D eigenvalue weighted by molar-refractivity contribution is 5.78. The molecular weight excluding hydrogens is 288 g/mol. The number of pyridine rings is 2. The van der Waals surface area contributed by atoms with Gasteiger partial charge in [-0.3, -0.25) is 0 Å². The van der Waals surface area contributed by atoms with E-state index >= 15 is 0 Å². The van der Waals surface area contributed by atoms with Crippen molar-refractivity contribution >= 4 is 11.3 Å². The first kappa shape index (κ1) is 14.2. The van der Waals surface area contributed by atoms with Gasteiger partial charge in [-0.1, -0.05) is 25.0 Å². The Labute approximate surface area is 135 Å². The molecule has 3 aromatic heterocycles. The molecule has 2 N–H and O–H groups in total. The molecule has 5 heteroatoms. The Hall–Kier alpha value is -2.40. The molecule has 3 aromatic rings. The molecule has 23 heavy (non-hydrogen) atoms. The first-order chi connectivity index (χ1) is 11.3. The van der Waals surface area contributed by atoms with Crippen LogP contribution < -0.4 is 5.32 Å². The first-order valence-electron chi connectivity index (χ1n) is 8.09. The predicted octanol–water partition coefficient (Wildman–Crippen LogP) is 3.11. The Balaban J connectivity index is 1.69. The summed E-state index contributed by atoms with van der Waals surface area (Å²) >= 11 is 0. The van der Waals surface area contributed by atoms with Crippen LogP contribution in [0.2, 0.25) is 0 Å². The maximum Gasteiger partial charge on any atom is 0.127 e. The number of fused-ring (bicyclic) bond motifs is 1. The summed E-state index contributed by atoms with van der Waals surface area (Å²) in [6.45, 7) is 0.148. The molecule has 0 unspecified atom stereocenters. The van der Waals surface area contributed by atoms with E-state index in [1.807, 2.05) is 53.3 Å². The summed E-state index contributed by atoms with van der Waals surface area (Å²) in [5, 5.41) is 17.6. The Morgan fingerprint density at radius 2 is 2.00 bits per heavy atom. The van der Waals surface area contributed by atoms with Crippen LogP contribution in [0.3, 0.4) is 0 Å². The number of anilines is 1. The lowest BCUT2D eigenvalue weighted by atomic mass is 9.99. The minimum Gasteiger partial charge on any atom is -0.394 e. The van der Waals surface area contributed by atoms with Crippen molar-refractivity contribution in [1.29, 1.82) is 0 Å². The van der Waals surface area contributed by atoms with Gasteiger partial charge in [-0.05, 0) is 37.1 Å². The fourth-order valence-electron chi connectivity index (χ4n) is 3.43. The zero-order valence-electron chi connectivity index (χ0n) is 12.9. The van der Waals surface area contributed by atoms with E-state index in [-0.39, 0.29) is 12.1 Å². The van der Waals surface area contributed by atoms with Gasteiger partial charge >= 0.3 is 0 Å². The van der Waals surface area contributed by atoms with E-state index in [9.17, 15) is 5.11 Å². The van der Waals surface area contributed by atoms with Crippen LogP contribution in [0.4, 0.5) is 5.82 Å². The molecule has 0 bridgehead atoms. The lowest BCUT2D eigenvalue weighted by molar-refractivity contribution is 0.214. The third kappa shape index (κ3) is 2.57. The summed E-state index contributed by atoms with van der Waals surface area (Å²) in [5.74, 6) is 0.814. The quantitative estimate of drug-likeness (QED) is 0.777. The second kappa shape index (κ2) is 5.66. The number of hydrogen-bond acceptors (Lipinski definition) is 4. The van der Waals surface area contributed by atoms with Crippen LogP contribution >= 0.6 is 0 Å². The fraction of sp³-hybridized carbons (Fsp3) is 0.333. The van der Waals surface area contributed by atoms with Crippen LogP contribution in [-0.2, 0) is 0 Å². The minimum absolute atomic E-state index is 0.148. The number of hydrogen-bond donors (Lipinski definition) is 2. The van der Waals surface area contributed by atoms with E-state index in [0.29, 0.717) is 0 Å². The monoisotopic (exact) mass is 308 g/mol. The molecule has 1 saturated carbocycles. The SMILES string of the molecule is OCC1(Nc2cccc(-c3cnn4ccccc34)n2)CCCC1. The predicted molar refractivity (Wildman–Crippen MR) is 90.3 cm³/mol. The summed E-state index contributed by atoms with van der Waals surface area (Å²) in [5.41, 5.74) is 2.73. The standard InChI is InChI=1S/C18H20N4O/c23-13-18(9-2-3-10-18)21-17-8-5-6-15(20-17)14-12-19-22-11-4-1-7-16(14)22/h1,4-8,11-12,23H,2-3,9-10,13H2,(H,20,21). The smallest absolute Gasteiger partial charge is 0.127 e. The lowest BCUT2D eigenvalue weighted by Gasteiger charge is -2.28. The molecule has 5 nitrogen and oxygen atoms in total. The molecule has 1 aliphatic rings. The number of nitrogens with zero attached hydrogens (tertiary/aromatic N) is 3. The largest absolute Gasteiger partial charge is 0.394 e. The number of aliphatic hydroxyl groups is 1. The second-order valence-corrected chi connectivity index (χ2v) is 6.27. The minimum atomic E-state index is -0.216. The van der Waals surface area contributed by atoms with E-state index in [4.69, 9.17) is 4.98 Å². The lowest BCUT2D eigenvalue weighted by Crippen LogP contribution is -2.39. The number of rotatable bonds is 4. The van der Waals surface area contributed by atoms with Crippen molar-refractivity contribution in [3.63, 3.8) is 0 Å². The molecule has 0 aliphatic heterocycles. The topological polar surface area (TPSA) is 62.5 Å². The maximum absolute atomic E-state index is 9.77. The third-order valence-corrected chi connectivity index (χ3v) is 4.71. The van der Waals surface area contributed by atoms with Gasteiger partial charge in [0.15, 0.2) is 0 Å². The molecule has 0 atom stereocenters. The van der Waals surface area contributed by atoms with Crippen LogP contribution in [0.15, 0.2) is 48.8 Å². The Kier molecular flexibility index (Phi) is 3.50. The van der Waals surface area contributed by atoms with Gasteiger partial charge in [-0.25, -0.2) is 9.50 Å². The average Bonchev–Trinajstić information content (AvgIpc) is 3.22. The fourth-order valence-corrected chi connectivity index (χ4v) is 3.43. The summed E-state index contributed by atoms with van der Waals surface area (Å²) in [6, 6.07) is 12.0. The molecule has 4 rings (SSSR count). The van der Waals surface area contributed by atoms with E-state index < -0.39 is 0 Å². The molecule has 0 aromatic carbocycles. The highest BCUT2D eigenvalue weighted by Gasteiger charge is 2.33. The van der Waals surface area contributed by atoms with Crippen LogP contribution in [-0.4, -0.2) is 31.9 Å². The number of nitrogens with one attached hydrogen (secondary N) is 1. The Bertz CT molecular complexity index is 821. The second-order valence-electron chi connectivity index (χ2n) is 6.27. The van der Waals surface area contributed by atoms with Crippen LogP contribution in [0.1, 0.15) is 25.7 Å². The molecule has 1 fully saturated rings. The van der Waals surface area contributed by atoms with Crippen molar-refractivity contribution in [3.8, 4) is 11.3 Å². The molecular formula is C18H20N4O. The first-order valence-corrected chi connectivity index (χ1v) is 8.09. The molecule has 3 heterocycles. The highest BCUT2D eigenvalue weighted by atomic mass is 16.3. The van der Waals surface area contributed by atoms with Crippen LogP contribution in [0.5, 0.6) is 0 Å². The summed E-state index contributed by atoms with van der Waals surface area (Å²) < 4.78 is 1.85. The van der Waals surface area contributed by atoms with Crippen LogP contribution in [0, 0.1) is 0 Å². The van der Waals surface area contributed by atoms with Gasteiger partial charge in [0.1, 0.15) is 5.82 Å². The van der Waals surface area contributed by atoms with Crippen molar-refractivity contribution in [2.75, 3.05) is 11.9 Å². The van der Waals surface area contributed by atoms with Gasteiger partial charge in [-0.2, -0.15) is 5.10 Å². The van der Waals surface area contributed by atoms with Crippen molar-refractivity contribution in [2.45, 2.75) is 31.2 Å². The Morgan fingerprint density at radius 1 is 1.13 bits per heavy atom. The highest BCUT2D eigenvalue weighted by Crippen LogP contribution is 2.33. The summed E-state index contributed by atoms with van der Waals surface area (Å²) in [6.07, 6.45) is 8.07. The molecule has 118 valence electrons. The summed E-state index contributed by atoms with van der Waals surface area (Å²) in [4.78, 5) is 4.75. The van der Waals surface area contributed by atoms with Gasteiger partial charge in [0, 0.05) is 11.8 Å². The normalized spacial score (nSPS) is 16.7.